The molecule has 1 atom stereocenters. The van der Waals surface area contributed by atoms with E-state index in [1.165, 1.54) is 0 Å². The molecule has 0 radical (unpaired) electrons. The first-order chi connectivity index (χ1) is 5.31. The van der Waals surface area contributed by atoms with Crippen LogP contribution in [0.15, 0.2) is 0 Å². The van der Waals surface area contributed by atoms with Gasteiger partial charge in [0.2, 0.25) is 0 Å². The average molecular weight is 191 g/mol. The summed E-state index contributed by atoms with van der Waals surface area (Å²) in [6, 6.07) is 0. The second-order valence-corrected chi connectivity index (χ2v) is 3.60. The second kappa shape index (κ2) is 3.73. The van der Waals surface area contributed by atoms with Gasteiger partial charge in [0.05, 0.1) is 0 Å². The van der Waals surface area contributed by atoms with E-state index >= 15 is 0 Å². The highest BCUT2D eigenvalue weighted by molar-refractivity contribution is 5.85. The van der Waals surface area contributed by atoms with E-state index in [4.69, 9.17) is 0 Å². The van der Waals surface area contributed by atoms with Gasteiger partial charge in [0.25, 0.3) is 0 Å². The van der Waals surface area contributed by atoms with Gasteiger partial charge in [-0.3, -0.25) is 4.79 Å². The van der Waals surface area contributed by atoms with Crippen molar-refractivity contribution in [2.24, 2.45) is 0 Å². The molecular weight excluding hydrogens is 176 g/mol. The Morgan fingerprint density at radius 2 is 2.17 bits per heavy atom. The third-order valence-corrected chi connectivity index (χ3v) is 2.68. The molecule has 0 aromatic heterocycles. The maximum absolute atomic E-state index is 11.2. The molecule has 70 valence electrons. The largest absolute Gasteiger partial charge is 0.315 e. The number of hydrogen-bond donors (Lipinski definition) is 2. The van der Waals surface area contributed by atoms with Crippen molar-refractivity contribution < 1.29 is 4.79 Å². The average Bonchev–Trinajstić information content (AvgIpc) is 2.37. The first-order valence-corrected chi connectivity index (χ1v) is 4.28. The molecule has 0 amide bonds. The van der Waals surface area contributed by atoms with E-state index in [2.05, 4.69) is 10.6 Å². The lowest BCUT2D eigenvalue weighted by Gasteiger charge is -2.32. The Kier molecular flexibility index (Phi) is 3.09. The molecule has 3 nitrogen and oxygen atoms in total. The number of rotatable bonds is 0. The molecular formula is C8H15ClN2O. The summed E-state index contributed by atoms with van der Waals surface area (Å²) in [5.74, 6) is 0.424. The maximum Gasteiger partial charge on any atom is 0.136 e. The molecule has 4 heteroatoms. The fourth-order valence-corrected chi connectivity index (χ4v) is 2.04. The van der Waals surface area contributed by atoms with Crippen molar-refractivity contribution in [3.8, 4) is 0 Å². The Morgan fingerprint density at radius 3 is 2.75 bits per heavy atom. The molecule has 0 aliphatic carbocycles. The molecule has 0 bridgehead atoms. The molecule has 1 unspecified atom stereocenters. The van der Waals surface area contributed by atoms with Crippen molar-refractivity contribution in [2.45, 2.75) is 24.8 Å². The van der Waals surface area contributed by atoms with Gasteiger partial charge in [0.15, 0.2) is 0 Å². The number of carbonyl (C=O) groups is 1. The summed E-state index contributed by atoms with van der Waals surface area (Å²) >= 11 is 0. The molecule has 2 aliphatic heterocycles. The number of Topliss-reactive ketones (excluding diaryl/α,β-unsaturated/α-hetero) is 1. The standard InChI is InChI=1S/C8H14N2O.ClH/c11-7-1-3-10-8(5-7)2-4-9-6-8;/h9-10H,1-6H2;1H. The smallest absolute Gasteiger partial charge is 0.136 e. The van der Waals surface area contributed by atoms with Gasteiger partial charge in [-0.05, 0) is 13.0 Å². The number of piperidine rings is 1. The Balaban J connectivity index is 0.000000720. The molecule has 0 saturated carbocycles. The highest BCUT2D eigenvalue weighted by Crippen LogP contribution is 2.22. The zero-order valence-electron chi connectivity index (χ0n) is 7.06. The molecule has 0 aromatic carbocycles. The van der Waals surface area contributed by atoms with E-state index in [0.717, 1.165) is 38.9 Å². The lowest BCUT2D eigenvalue weighted by Crippen LogP contribution is -2.52. The van der Waals surface area contributed by atoms with Crippen LogP contribution in [-0.2, 0) is 4.79 Å². The van der Waals surface area contributed by atoms with Crippen LogP contribution in [0.3, 0.4) is 0 Å². The van der Waals surface area contributed by atoms with Gasteiger partial charge in [0, 0.05) is 31.5 Å². The van der Waals surface area contributed by atoms with Crippen molar-refractivity contribution in [1.29, 1.82) is 0 Å². The van der Waals surface area contributed by atoms with Crippen LogP contribution < -0.4 is 10.6 Å². The van der Waals surface area contributed by atoms with Crippen LogP contribution in [-0.4, -0.2) is 31.0 Å². The van der Waals surface area contributed by atoms with Crippen LogP contribution >= 0.6 is 12.4 Å². The van der Waals surface area contributed by atoms with Crippen LogP contribution in [0.25, 0.3) is 0 Å². The van der Waals surface area contributed by atoms with Crippen LogP contribution in [0, 0.1) is 0 Å². The van der Waals surface area contributed by atoms with E-state index in [-0.39, 0.29) is 17.9 Å². The van der Waals surface area contributed by atoms with Gasteiger partial charge in [-0.2, -0.15) is 0 Å². The van der Waals surface area contributed by atoms with E-state index in [1.807, 2.05) is 0 Å². The van der Waals surface area contributed by atoms with Crippen molar-refractivity contribution in [3.05, 3.63) is 0 Å². The van der Waals surface area contributed by atoms with Gasteiger partial charge in [-0.15, -0.1) is 12.4 Å². The molecule has 2 fully saturated rings. The highest BCUT2D eigenvalue weighted by atomic mass is 35.5. The number of ketones is 1. The fourth-order valence-electron chi connectivity index (χ4n) is 2.04. The lowest BCUT2D eigenvalue weighted by atomic mass is 9.87. The van der Waals surface area contributed by atoms with Crippen LogP contribution in [0.4, 0.5) is 0 Å². The number of hydrogen-bond acceptors (Lipinski definition) is 3. The Hall–Kier alpha value is -0.120. The molecule has 1 spiro atoms. The third kappa shape index (κ3) is 1.79. The van der Waals surface area contributed by atoms with Crippen molar-refractivity contribution in [3.63, 3.8) is 0 Å². The topological polar surface area (TPSA) is 41.1 Å². The molecule has 2 aliphatic rings. The summed E-state index contributed by atoms with van der Waals surface area (Å²) in [7, 11) is 0. The summed E-state index contributed by atoms with van der Waals surface area (Å²) in [6.07, 6.45) is 2.57. The predicted molar refractivity (Wildman–Crippen MR) is 49.7 cm³/mol. The Morgan fingerprint density at radius 1 is 1.33 bits per heavy atom. The van der Waals surface area contributed by atoms with Crippen LogP contribution in [0.1, 0.15) is 19.3 Å². The second-order valence-electron chi connectivity index (χ2n) is 3.60. The molecule has 2 heterocycles. The summed E-state index contributed by atoms with van der Waals surface area (Å²) < 4.78 is 0. The highest BCUT2D eigenvalue weighted by Gasteiger charge is 2.37. The molecule has 0 aromatic rings. The number of halogens is 1. The summed E-state index contributed by atoms with van der Waals surface area (Å²) in [6.45, 7) is 2.90. The van der Waals surface area contributed by atoms with Gasteiger partial charge >= 0.3 is 0 Å². The molecule has 2 saturated heterocycles. The lowest BCUT2D eigenvalue weighted by molar-refractivity contribution is -0.121. The Bertz CT molecular complexity index is 178. The first-order valence-electron chi connectivity index (χ1n) is 4.28. The van der Waals surface area contributed by atoms with Gasteiger partial charge < -0.3 is 10.6 Å². The minimum absolute atomic E-state index is 0. The first kappa shape index (κ1) is 9.96. The predicted octanol–water partition coefficient (Wildman–Crippen LogP) is 0.0928. The quantitative estimate of drug-likeness (QED) is 0.569. The van der Waals surface area contributed by atoms with Crippen molar-refractivity contribution in [2.75, 3.05) is 19.6 Å². The SMILES string of the molecule is Cl.O=C1CCNC2(CCNC2)C1. The maximum atomic E-state index is 11.2. The fraction of sp³-hybridized carbons (Fsp3) is 0.875. The minimum Gasteiger partial charge on any atom is -0.315 e. The van der Waals surface area contributed by atoms with Gasteiger partial charge in [-0.1, -0.05) is 0 Å². The molecule has 12 heavy (non-hydrogen) atoms. The summed E-state index contributed by atoms with van der Waals surface area (Å²) in [5.41, 5.74) is 0.134. The normalized spacial score (nSPS) is 35.2. The summed E-state index contributed by atoms with van der Waals surface area (Å²) in [5, 5.41) is 6.73. The van der Waals surface area contributed by atoms with Crippen molar-refractivity contribution >= 4 is 18.2 Å². The third-order valence-electron chi connectivity index (χ3n) is 2.68. The zero-order valence-corrected chi connectivity index (χ0v) is 7.88. The Labute approximate surface area is 78.7 Å². The van der Waals surface area contributed by atoms with E-state index in [0.29, 0.717) is 5.78 Å². The van der Waals surface area contributed by atoms with Crippen molar-refractivity contribution in [1.82, 2.24) is 10.6 Å². The zero-order chi connectivity index (χ0) is 7.73. The van der Waals surface area contributed by atoms with E-state index < -0.39 is 0 Å². The van der Waals surface area contributed by atoms with E-state index in [9.17, 15) is 4.79 Å². The number of nitrogens with one attached hydrogen (secondary N) is 2. The molecule has 2 rings (SSSR count). The minimum atomic E-state index is 0. The number of carbonyl (C=O) groups excluding carboxylic acids is 1. The van der Waals surface area contributed by atoms with Crippen LogP contribution in [0.2, 0.25) is 0 Å². The molecule has 2 N–H and O–H groups in total. The monoisotopic (exact) mass is 190 g/mol. The van der Waals surface area contributed by atoms with Gasteiger partial charge in [0.1, 0.15) is 5.78 Å². The van der Waals surface area contributed by atoms with Crippen LogP contribution in [0.5, 0.6) is 0 Å². The van der Waals surface area contributed by atoms with Gasteiger partial charge in [-0.25, -0.2) is 0 Å². The summed E-state index contributed by atoms with van der Waals surface area (Å²) in [4.78, 5) is 11.2. The van der Waals surface area contributed by atoms with E-state index in [1.54, 1.807) is 0 Å².